The molecule has 0 spiro atoms. The zero-order valence-electron chi connectivity index (χ0n) is 11.2. The fourth-order valence-electron chi connectivity index (χ4n) is 3.13. The van der Waals surface area contributed by atoms with E-state index < -0.39 is 0 Å². The summed E-state index contributed by atoms with van der Waals surface area (Å²) in [6.45, 7) is 6.05. The number of aromatic nitrogens is 2. The molecular formula is C14H21N3O. The highest BCUT2D eigenvalue weighted by atomic mass is 16.1. The molecule has 0 N–H and O–H groups in total. The van der Waals surface area contributed by atoms with Crippen LogP contribution in [0.5, 0.6) is 0 Å². The van der Waals surface area contributed by atoms with Crippen molar-refractivity contribution in [1.82, 2.24) is 14.9 Å². The highest BCUT2D eigenvalue weighted by molar-refractivity contribution is 6.01. The maximum atomic E-state index is 12.8. The Hall–Kier alpha value is -1.29. The molecule has 0 amide bonds. The molecule has 1 fully saturated rings. The largest absolute Gasteiger partial charge is 0.291 e. The summed E-state index contributed by atoms with van der Waals surface area (Å²) in [7, 11) is 0. The quantitative estimate of drug-likeness (QED) is 0.749. The van der Waals surface area contributed by atoms with Gasteiger partial charge in [-0.3, -0.25) is 14.7 Å². The van der Waals surface area contributed by atoms with Gasteiger partial charge in [-0.05, 0) is 25.9 Å². The highest BCUT2D eigenvalue weighted by Gasteiger charge is 2.45. The van der Waals surface area contributed by atoms with E-state index in [1.807, 2.05) is 0 Å². The van der Waals surface area contributed by atoms with E-state index in [-0.39, 0.29) is 11.3 Å². The topological polar surface area (TPSA) is 46.1 Å². The van der Waals surface area contributed by atoms with Gasteiger partial charge in [-0.15, -0.1) is 0 Å². The van der Waals surface area contributed by atoms with Gasteiger partial charge in [0.15, 0.2) is 0 Å². The summed E-state index contributed by atoms with van der Waals surface area (Å²) in [5, 5.41) is 0. The van der Waals surface area contributed by atoms with Crippen LogP contribution in [0.2, 0.25) is 0 Å². The van der Waals surface area contributed by atoms with Crippen LogP contribution >= 0.6 is 0 Å². The molecule has 1 aliphatic rings. The second kappa shape index (κ2) is 5.57. The number of Topliss-reactive ketones (excluding diaryl/α,β-unsaturated/α-hetero) is 1. The third kappa shape index (κ3) is 2.17. The van der Waals surface area contributed by atoms with Gasteiger partial charge in [-0.2, -0.15) is 0 Å². The van der Waals surface area contributed by atoms with E-state index in [0.29, 0.717) is 5.69 Å². The van der Waals surface area contributed by atoms with Crippen LogP contribution in [0.25, 0.3) is 0 Å². The summed E-state index contributed by atoms with van der Waals surface area (Å²) in [4.78, 5) is 23.3. The Morgan fingerprint density at radius 3 is 2.44 bits per heavy atom. The van der Waals surface area contributed by atoms with Crippen molar-refractivity contribution in [1.29, 1.82) is 0 Å². The van der Waals surface area contributed by atoms with Crippen LogP contribution < -0.4 is 0 Å². The molecule has 2 rings (SSSR count). The van der Waals surface area contributed by atoms with Crippen LogP contribution in [-0.4, -0.2) is 39.3 Å². The third-order valence-electron chi connectivity index (χ3n) is 4.02. The number of hydrogen-bond donors (Lipinski definition) is 0. The first-order valence-corrected chi connectivity index (χ1v) is 6.80. The van der Waals surface area contributed by atoms with Crippen molar-refractivity contribution in [3.8, 4) is 0 Å². The predicted octanol–water partition coefficient (Wildman–Crippen LogP) is 2.31. The fraction of sp³-hybridized carbons (Fsp3) is 0.643. The van der Waals surface area contributed by atoms with Crippen LogP contribution in [0.3, 0.4) is 0 Å². The van der Waals surface area contributed by atoms with E-state index >= 15 is 0 Å². The van der Waals surface area contributed by atoms with Crippen molar-refractivity contribution in [3.63, 3.8) is 0 Å². The van der Waals surface area contributed by atoms with Crippen molar-refractivity contribution in [2.75, 3.05) is 13.1 Å². The van der Waals surface area contributed by atoms with Crippen molar-refractivity contribution in [2.45, 2.75) is 45.1 Å². The summed E-state index contributed by atoms with van der Waals surface area (Å²) in [5.41, 5.74) is 0.172. The summed E-state index contributed by atoms with van der Waals surface area (Å²) in [5.74, 6) is 0.150. The average molecular weight is 247 g/mol. The third-order valence-corrected chi connectivity index (χ3v) is 4.02. The minimum atomic E-state index is -0.334. The van der Waals surface area contributed by atoms with Gasteiger partial charge in [-0.25, -0.2) is 4.98 Å². The van der Waals surface area contributed by atoms with Gasteiger partial charge in [0.1, 0.15) is 5.69 Å². The molecule has 0 saturated heterocycles. The summed E-state index contributed by atoms with van der Waals surface area (Å²) in [6, 6.07) is 0. The molecule has 0 aliphatic heterocycles. The Balaban J connectivity index is 2.33. The Morgan fingerprint density at radius 2 is 1.94 bits per heavy atom. The van der Waals surface area contributed by atoms with E-state index in [1.54, 1.807) is 18.6 Å². The standard InChI is InChI=1S/C14H21N3O/c1-3-17(4-2)14(7-5-6-8-14)13(18)12-11-15-9-10-16-12/h9-11H,3-8H2,1-2H3. The molecule has 1 aromatic heterocycles. The number of carbonyl (C=O) groups is 1. The Labute approximate surface area is 108 Å². The smallest absolute Gasteiger partial charge is 0.202 e. The highest BCUT2D eigenvalue weighted by Crippen LogP contribution is 2.37. The van der Waals surface area contributed by atoms with Crippen molar-refractivity contribution in [3.05, 3.63) is 24.3 Å². The molecule has 18 heavy (non-hydrogen) atoms. The van der Waals surface area contributed by atoms with Crippen LogP contribution in [0.4, 0.5) is 0 Å². The first kappa shape index (κ1) is 13.1. The Kier molecular flexibility index (Phi) is 4.07. The number of carbonyl (C=O) groups excluding carboxylic acids is 1. The van der Waals surface area contributed by atoms with Gasteiger partial charge in [0.05, 0.1) is 11.7 Å². The van der Waals surface area contributed by atoms with Gasteiger partial charge in [0.25, 0.3) is 0 Å². The Bertz CT molecular complexity index is 395. The maximum Gasteiger partial charge on any atom is 0.202 e. The van der Waals surface area contributed by atoms with Crippen molar-refractivity contribution < 1.29 is 4.79 Å². The minimum Gasteiger partial charge on any atom is -0.291 e. The maximum absolute atomic E-state index is 12.8. The lowest BCUT2D eigenvalue weighted by atomic mass is 9.88. The molecule has 1 saturated carbocycles. The molecule has 0 atom stereocenters. The van der Waals surface area contributed by atoms with Crippen LogP contribution in [-0.2, 0) is 0 Å². The number of likely N-dealkylation sites (N-methyl/N-ethyl adjacent to an activating group) is 1. The van der Waals surface area contributed by atoms with Crippen LogP contribution in [0, 0.1) is 0 Å². The van der Waals surface area contributed by atoms with E-state index in [9.17, 15) is 4.79 Å². The monoisotopic (exact) mass is 247 g/mol. The van der Waals surface area contributed by atoms with Gasteiger partial charge < -0.3 is 0 Å². The van der Waals surface area contributed by atoms with E-state index in [1.165, 1.54) is 0 Å². The van der Waals surface area contributed by atoms with E-state index in [0.717, 1.165) is 38.8 Å². The minimum absolute atomic E-state index is 0.150. The summed E-state index contributed by atoms with van der Waals surface area (Å²) >= 11 is 0. The fourth-order valence-corrected chi connectivity index (χ4v) is 3.13. The van der Waals surface area contributed by atoms with Crippen molar-refractivity contribution in [2.24, 2.45) is 0 Å². The van der Waals surface area contributed by atoms with Crippen LogP contribution in [0.15, 0.2) is 18.6 Å². The normalized spacial score (nSPS) is 18.2. The summed E-state index contributed by atoms with van der Waals surface area (Å²) in [6.07, 6.45) is 8.94. The molecular weight excluding hydrogens is 226 g/mol. The SMILES string of the molecule is CCN(CC)C1(C(=O)c2cnccn2)CCCC1. The number of ketones is 1. The first-order chi connectivity index (χ1) is 8.74. The van der Waals surface area contributed by atoms with Crippen molar-refractivity contribution >= 4 is 5.78 Å². The number of nitrogens with zero attached hydrogens (tertiary/aromatic N) is 3. The van der Waals surface area contributed by atoms with Gasteiger partial charge in [0.2, 0.25) is 5.78 Å². The van der Waals surface area contributed by atoms with Gasteiger partial charge in [0, 0.05) is 12.4 Å². The Morgan fingerprint density at radius 1 is 1.28 bits per heavy atom. The zero-order valence-corrected chi connectivity index (χ0v) is 11.2. The number of hydrogen-bond acceptors (Lipinski definition) is 4. The number of rotatable bonds is 5. The molecule has 0 bridgehead atoms. The molecule has 1 aliphatic carbocycles. The lowest BCUT2D eigenvalue weighted by Crippen LogP contribution is -2.52. The zero-order chi connectivity index (χ0) is 13.0. The molecule has 4 heteroatoms. The van der Waals surface area contributed by atoms with Gasteiger partial charge >= 0.3 is 0 Å². The molecule has 98 valence electrons. The molecule has 4 nitrogen and oxygen atoms in total. The van der Waals surface area contributed by atoms with Gasteiger partial charge in [-0.1, -0.05) is 26.7 Å². The second-order valence-electron chi connectivity index (χ2n) is 4.83. The lowest BCUT2D eigenvalue weighted by molar-refractivity contribution is 0.0578. The molecule has 1 heterocycles. The lowest BCUT2D eigenvalue weighted by Gasteiger charge is -2.38. The summed E-state index contributed by atoms with van der Waals surface area (Å²) < 4.78 is 0. The van der Waals surface area contributed by atoms with E-state index in [2.05, 4.69) is 28.7 Å². The molecule has 0 unspecified atom stereocenters. The molecule has 0 radical (unpaired) electrons. The second-order valence-corrected chi connectivity index (χ2v) is 4.83. The average Bonchev–Trinajstić information content (AvgIpc) is 2.91. The van der Waals surface area contributed by atoms with E-state index in [4.69, 9.17) is 0 Å². The van der Waals surface area contributed by atoms with Crippen LogP contribution in [0.1, 0.15) is 50.0 Å². The molecule has 1 aromatic rings. The first-order valence-electron chi connectivity index (χ1n) is 6.80. The molecule has 0 aromatic carbocycles. The predicted molar refractivity (Wildman–Crippen MR) is 70.5 cm³/mol.